The fourth-order valence-electron chi connectivity index (χ4n) is 1.86. The minimum absolute atomic E-state index is 0.270. The van der Waals surface area contributed by atoms with Crippen molar-refractivity contribution in [3.63, 3.8) is 0 Å². The summed E-state index contributed by atoms with van der Waals surface area (Å²) in [5.41, 5.74) is 0.725. The van der Waals surface area contributed by atoms with Crippen LogP contribution in [0.2, 0.25) is 0 Å². The maximum absolute atomic E-state index is 13.3. The van der Waals surface area contributed by atoms with Gasteiger partial charge in [-0.05, 0) is 63.4 Å². The molecule has 0 fully saturated rings. The van der Waals surface area contributed by atoms with Gasteiger partial charge in [0, 0.05) is 0 Å². The minimum Gasteiger partial charge on any atom is -0.491 e. The van der Waals surface area contributed by atoms with Crippen molar-refractivity contribution in [3.05, 3.63) is 31.4 Å². The predicted octanol–water partition coefficient (Wildman–Crippen LogP) is 3.29. The van der Waals surface area contributed by atoms with Gasteiger partial charge in [-0.25, -0.2) is 9.37 Å². The smallest absolute Gasteiger partial charge is 0.146 e. The van der Waals surface area contributed by atoms with E-state index < -0.39 is 0 Å². The van der Waals surface area contributed by atoms with Crippen LogP contribution in [0.5, 0.6) is 5.75 Å². The van der Waals surface area contributed by atoms with Gasteiger partial charge in [-0.1, -0.05) is 0 Å². The first-order chi connectivity index (χ1) is 8.16. The summed E-state index contributed by atoms with van der Waals surface area (Å²) in [7, 11) is 0. The summed E-state index contributed by atoms with van der Waals surface area (Å²) in [6.45, 7) is 1.31. The summed E-state index contributed by atoms with van der Waals surface area (Å²) in [6, 6.07) is 4.55. The maximum Gasteiger partial charge on any atom is 0.146 e. The highest BCUT2D eigenvalue weighted by Gasteiger charge is 2.21. The van der Waals surface area contributed by atoms with E-state index in [-0.39, 0.29) is 5.82 Å². The first-order valence-electron chi connectivity index (χ1n) is 5.01. The molecule has 0 aliphatic carbocycles. The Morgan fingerprint density at radius 2 is 2.18 bits per heavy atom. The van der Waals surface area contributed by atoms with Crippen LogP contribution in [-0.4, -0.2) is 16.2 Å². The van der Waals surface area contributed by atoms with Crippen molar-refractivity contribution in [1.29, 1.82) is 0 Å². The van der Waals surface area contributed by atoms with Gasteiger partial charge in [0.15, 0.2) is 0 Å². The monoisotopic (exact) mass is 456 g/mol. The standard InChI is InChI=1S/C11H7FI2N2O/c12-6-1-2-8-7(5-6)11-15-9(13)10(14)16(11)3-4-17-8/h1-2,5H,3-4H2. The zero-order valence-electron chi connectivity index (χ0n) is 8.58. The van der Waals surface area contributed by atoms with Gasteiger partial charge in [0.1, 0.15) is 31.4 Å². The molecule has 0 saturated carbocycles. The highest BCUT2D eigenvalue weighted by atomic mass is 127. The molecular weight excluding hydrogens is 449 g/mol. The predicted molar refractivity (Wildman–Crippen MR) is 78.6 cm³/mol. The van der Waals surface area contributed by atoms with E-state index in [2.05, 4.69) is 54.7 Å². The lowest BCUT2D eigenvalue weighted by Gasteiger charge is -2.05. The number of benzene rings is 1. The van der Waals surface area contributed by atoms with Gasteiger partial charge in [0.25, 0.3) is 0 Å². The van der Waals surface area contributed by atoms with Crippen LogP contribution in [0.1, 0.15) is 0 Å². The van der Waals surface area contributed by atoms with Crippen LogP contribution in [0.15, 0.2) is 18.2 Å². The Hall–Kier alpha value is -0.380. The van der Waals surface area contributed by atoms with Crippen molar-refractivity contribution >= 4 is 45.2 Å². The highest BCUT2D eigenvalue weighted by Crippen LogP contribution is 2.34. The zero-order valence-corrected chi connectivity index (χ0v) is 12.9. The number of nitrogens with zero attached hydrogens (tertiary/aromatic N) is 2. The summed E-state index contributed by atoms with van der Waals surface area (Å²) in [4.78, 5) is 4.49. The van der Waals surface area contributed by atoms with E-state index >= 15 is 0 Å². The normalized spacial score (nSPS) is 13.6. The van der Waals surface area contributed by atoms with Crippen molar-refractivity contribution in [2.45, 2.75) is 6.54 Å². The average Bonchev–Trinajstić information content (AvgIpc) is 2.49. The maximum atomic E-state index is 13.3. The quantitative estimate of drug-likeness (QED) is 0.570. The number of rotatable bonds is 0. The summed E-state index contributed by atoms with van der Waals surface area (Å²) in [6.07, 6.45) is 0. The third kappa shape index (κ3) is 1.94. The number of ether oxygens (including phenoxy) is 1. The van der Waals surface area contributed by atoms with Crippen molar-refractivity contribution in [3.8, 4) is 17.1 Å². The van der Waals surface area contributed by atoms with Crippen LogP contribution in [0.25, 0.3) is 11.4 Å². The molecule has 0 unspecified atom stereocenters. The highest BCUT2D eigenvalue weighted by molar-refractivity contribution is 14.1. The van der Waals surface area contributed by atoms with E-state index in [4.69, 9.17) is 4.74 Å². The first-order valence-corrected chi connectivity index (χ1v) is 7.17. The van der Waals surface area contributed by atoms with E-state index in [0.717, 1.165) is 25.3 Å². The lowest BCUT2D eigenvalue weighted by molar-refractivity contribution is 0.305. The molecule has 2 heterocycles. The van der Waals surface area contributed by atoms with Crippen molar-refractivity contribution < 1.29 is 9.13 Å². The molecule has 1 aromatic carbocycles. The molecule has 0 spiro atoms. The van der Waals surface area contributed by atoms with Crippen molar-refractivity contribution in [2.75, 3.05) is 6.61 Å². The van der Waals surface area contributed by atoms with E-state index in [1.54, 1.807) is 6.07 Å². The first kappa shape index (κ1) is 11.7. The lowest BCUT2D eigenvalue weighted by Crippen LogP contribution is -2.07. The SMILES string of the molecule is Fc1ccc2c(c1)-c1nc(I)c(I)n1CCO2. The van der Waals surface area contributed by atoms with Gasteiger partial charge in [-0.2, -0.15) is 0 Å². The summed E-state index contributed by atoms with van der Waals surface area (Å²) in [5, 5.41) is 0. The lowest BCUT2D eigenvalue weighted by atomic mass is 10.2. The molecule has 1 aromatic heterocycles. The van der Waals surface area contributed by atoms with Crippen molar-refractivity contribution in [1.82, 2.24) is 9.55 Å². The average molecular weight is 456 g/mol. The number of imidazole rings is 1. The molecule has 88 valence electrons. The van der Waals surface area contributed by atoms with E-state index in [9.17, 15) is 4.39 Å². The number of hydrogen-bond donors (Lipinski definition) is 0. The van der Waals surface area contributed by atoms with E-state index in [0.29, 0.717) is 12.4 Å². The molecule has 3 nitrogen and oxygen atoms in total. The van der Waals surface area contributed by atoms with Crippen LogP contribution in [0, 0.1) is 13.2 Å². The van der Waals surface area contributed by atoms with Crippen LogP contribution < -0.4 is 4.74 Å². The Labute approximate surface area is 125 Å². The topological polar surface area (TPSA) is 27.1 Å². The number of halogens is 3. The summed E-state index contributed by atoms with van der Waals surface area (Å²) < 4.78 is 23.0. The Bertz CT molecular complexity index is 597. The van der Waals surface area contributed by atoms with Gasteiger partial charge in [0.2, 0.25) is 0 Å². The van der Waals surface area contributed by atoms with Gasteiger partial charge in [-0.15, -0.1) is 0 Å². The molecule has 0 bridgehead atoms. The second-order valence-corrected chi connectivity index (χ2v) is 5.70. The molecule has 6 heteroatoms. The summed E-state index contributed by atoms with van der Waals surface area (Å²) >= 11 is 4.44. The molecule has 0 atom stereocenters. The Balaban J connectivity index is 2.30. The fraction of sp³-hybridized carbons (Fsp3) is 0.182. The zero-order chi connectivity index (χ0) is 12.0. The molecule has 17 heavy (non-hydrogen) atoms. The molecular formula is C11H7FI2N2O. The largest absolute Gasteiger partial charge is 0.491 e. The number of hydrogen-bond acceptors (Lipinski definition) is 2. The summed E-state index contributed by atoms with van der Waals surface area (Å²) in [5.74, 6) is 1.21. The van der Waals surface area contributed by atoms with Gasteiger partial charge in [-0.3, -0.25) is 0 Å². The molecule has 0 radical (unpaired) electrons. The van der Waals surface area contributed by atoms with Gasteiger partial charge >= 0.3 is 0 Å². The van der Waals surface area contributed by atoms with Crippen LogP contribution in [0.3, 0.4) is 0 Å². The molecule has 0 amide bonds. The van der Waals surface area contributed by atoms with Crippen LogP contribution in [-0.2, 0) is 6.54 Å². The van der Waals surface area contributed by atoms with Gasteiger partial charge < -0.3 is 9.30 Å². The van der Waals surface area contributed by atoms with E-state index in [1.807, 2.05) is 0 Å². The van der Waals surface area contributed by atoms with Crippen LogP contribution in [0.4, 0.5) is 4.39 Å². The Kier molecular flexibility index (Phi) is 3.01. The second-order valence-electron chi connectivity index (χ2n) is 3.66. The molecule has 1 aliphatic rings. The molecule has 0 N–H and O–H groups in total. The Morgan fingerprint density at radius 1 is 1.35 bits per heavy atom. The fourth-order valence-corrected chi connectivity index (χ4v) is 2.97. The third-order valence-corrected chi connectivity index (χ3v) is 5.50. The molecule has 3 rings (SSSR count). The minimum atomic E-state index is -0.270. The van der Waals surface area contributed by atoms with Gasteiger partial charge in [0.05, 0.1) is 12.1 Å². The van der Waals surface area contributed by atoms with Crippen LogP contribution >= 0.6 is 45.2 Å². The van der Waals surface area contributed by atoms with Crippen molar-refractivity contribution in [2.24, 2.45) is 0 Å². The van der Waals surface area contributed by atoms with E-state index in [1.165, 1.54) is 12.1 Å². The third-order valence-electron chi connectivity index (χ3n) is 2.62. The molecule has 0 saturated heterocycles. The molecule has 1 aliphatic heterocycles. The Morgan fingerprint density at radius 3 is 3.00 bits per heavy atom. The number of fused-ring (bicyclic) bond motifs is 3. The second kappa shape index (κ2) is 4.38. The number of aromatic nitrogens is 2. The molecule has 2 aromatic rings.